The molecule has 2 aromatic rings. The Morgan fingerprint density at radius 2 is 2.21 bits per heavy atom. The Hall–Kier alpha value is -2.50. The highest BCUT2D eigenvalue weighted by Gasteiger charge is 2.08. The molecule has 0 aliphatic carbocycles. The van der Waals surface area contributed by atoms with Crippen molar-refractivity contribution < 1.29 is 9.53 Å². The molecule has 0 spiro atoms. The molecule has 0 saturated heterocycles. The summed E-state index contributed by atoms with van der Waals surface area (Å²) in [5.74, 6) is 0.0483. The first-order chi connectivity index (χ1) is 9.11. The summed E-state index contributed by atoms with van der Waals surface area (Å²) in [6, 6.07) is 6.88. The standard InChI is InChI=1S/C13H16N4O2/c1-2-7-19-12-8-9(3-4-10(12)14)17-6-5-11(16-17)13(15)18/h3-6,8H,2,7,14H2,1H3,(H2,15,18). The minimum Gasteiger partial charge on any atom is -0.491 e. The molecule has 4 N–H and O–H groups in total. The van der Waals surface area contributed by atoms with Crippen LogP contribution >= 0.6 is 0 Å². The zero-order valence-corrected chi connectivity index (χ0v) is 10.7. The van der Waals surface area contributed by atoms with Crippen molar-refractivity contribution in [3.05, 3.63) is 36.2 Å². The van der Waals surface area contributed by atoms with E-state index in [1.165, 1.54) is 0 Å². The fourth-order valence-corrected chi connectivity index (χ4v) is 1.60. The van der Waals surface area contributed by atoms with Gasteiger partial charge in [0.25, 0.3) is 5.91 Å². The van der Waals surface area contributed by atoms with Gasteiger partial charge in [-0.25, -0.2) is 4.68 Å². The number of aromatic nitrogens is 2. The largest absolute Gasteiger partial charge is 0.491 e. The summed E-state index contributed by atoms with van der Waals surface area (Å²) in [6.45, 7) is 2.62. The van der Waals surface area contributed by atoms with E-state index < -0.39 is 5.91 Å². The first-order valence-corrected chi connectivity index (χ1v) is 6.00. The van der Waals surface area contributed by atoms with Crippen LogP contribution in [-0.2, 0) is 0 Å². The second-order valence-electron chi connectivity index (χ2n) is 4.08. The number of hydrogen-bond donors (Lipinski definition) is 2. The van der Waals surface area contributed by atoms with Crippen molar-refractivity contribution >= 4 is 11.6 Å². The van der Waals surface area contributed by atoms with Crippen molar-refractivity contribution in [2.24, 2.45) is 5.73 Å². The molecule has 0 unspecified atom stereocenters. The second-order valence-corrected chi connectivity index (χ2v) is 4.08. The van der Waals surface area contributed by atoms with Crippen LogP contribution in [0.3, 0.4) is 0 Å². The van der Waals surface area contributed by atoms with E-state index in [0.29, 0.717) is 18.0 Å². The maximum atomic E-state index is 11.0. The number of carbonyl (C=O) groups excluding carboxylic acids is 1. The third-order valence-corrected chi connectivity index (χ3v) is 2.56. The van der Waals surface area contributed by atoms with E-state index in [0.717, 1.165) is 12.1 Å². The highest BCUT2D eigenvalue weighted by molar-refractivity contribution is 5.90. The van der Waals surface area contributed by atoms with Gasteiger partial charge >= 0.3 is 0 Å². The lowest BCUT2D eigenvalue weighted by atomic mass is 10.2. The van der Waals surface area contributed by atoms with Gasteiger partial charge in [0.05, 0.1) is 18.0 Å². The highest BCUT2D eigenvalue weighted by Crippen LogP contribution is 2.24. The van der Waals surface area contributed by atoms with Crippen LogP contribution in [0.15, 0.2) is 30.5 Å². The molecular formula is C13H16N4O2. The lowest BCUT2D eigenvalue weighted by Gasteiger charge is -2.10. The van der Waals surface area contributed by atoms with Gasteiger partial charge in [-0.05, 0) is 24.6 Å². The van der Waals surface area contributed by atoms with Crippen molar-refractivity contribution in [3.63, 3.8) is 0 Å². The maximum absolute atomic E-state index is 11.0. The Kier molecular flexibility index (Phi) is 3.70. The molecular weight excluding hydrogens is 244 g/mol. The average molecular weight is 260 g/mol. The second kappa shape index (κ2) is 5.43. The molecule has 0 bridgehead atoms. The van der Waals surface area contributed by atoms with Crippen molar-refractivity contribution in [2.45, 2.75) is 13.3 Å². The molecule has 1 heterocycles. The van der Waals surface area contributed by atoms with Gasteiger partial charge in [0.1, 0.15) is 11.4 Å². The molecule has 1 amide bonds. The van der Waals surface area contributed by atoms with Gasteiger partial charge < -0.3 is 16.2 Å². The van der Waals surface area contributed by atoms with E-state index in [2.05, 4.69) is 5.10 Å². The summed E-state index contributed by atoms with van der Waals surface area (Å²) in [7, 11) is 0. The topological polar surface area (TPSA) is 96.2 Å². The Morgan fingerprint density at radius 3 is 2.84 bits per heavy atom. The van der Waals surface area contributed by atoms with Gasteiger partial charge in [0, 0.05) is 12.3 Å². The maximum Gasteiger partial charge on any atom is 0.269 e. The number of nitrogen functional groups attached to an aromatic ring is 1. The molecule has 1 aromatic heterocycles. The van der Waals surface area contributed by atoms with Crippen molar-refractivity contribution in [2.75, 3.05) is 12.3 Å². The van der Waals surface area contributed by atoms with Crippen LogP contribution in [0, 0.1) is 0 Å². The number of amides is 1. The summed E-state index contributed by atoms with van der Waals surface area (Å²) in [5.41, 5.74) is 12.5. The van der Waals surface area contributed by atoms with E-state index in [1.54, 1.807) is 35.1 Å². The lowest BCUT2D eigenvalue weighted by molar-refractivity contribution is 0.0995. The van der Waals surface area contributed by atoms with Crippen molar-refractivity contribution in [1.82, 2.24) is 9.78 Å². The SMILES string of the molecule is CCCOc1cc(-n2ccc(C(N)=O)n2)ccc1N. The summed E-state index contributed by atoms with van der Waals surface area (Å²) < 4.78 is 7.10. The van der Waals surface area contributed by atoms with Crippen LogP contribution in [0.2, 0.25) is 0 Å². The average Bonchev–Trinajstić information content (AvgIpc) is 2.87. The summed E-state index contributed by atoms with van der Waals surface area (Å²) in [6.07, 6.45) is 2.56. The summed E-state index contributed by atoms with van der Waals surface area (Å²) in [5, 5.41) is 4.08. The van der Waals surface area contributed by atoms with Crippen molar-refractivity contribution in [3.8, 4) is 11.4 Å². The van der Waals surface area contributed by atoms with Crippen LogP contribution in [0.5, 0.6) is 5.75 Å². The predicted molar refractivity (Wildman–Crippen MR) is 72.3 cm³/mol. The molecule has 1 aromatic carbocycles. The number of rotatable bonds is 5. The van der Waals surface area contributed by atoms with E-state index in [4.69, 9.17) is 16.2 Å². The quantitative estimate of drug-likeness (QED) is 0.793. The molecule has 0 fully saturated rings. The number of carbonyl (C=O) groups is 1. The lowest BCUT2D eigenvalue weighted by Crippen LogP contribution is -2.12. The molecule has 6 heteroatoms. The van der Waals surface area contributed by atoms with Gasteiger partial charge in [0.15, 0.2) is 0 Å². The van der Waals surface area contributed by atoms with Gasteiger partial charge in [-0.3, -0.25) is 4.79 Å². The molecule has 0 saturated carbocycles. The molecule has 0 aliphatic rings. The Balaban J connectivity index is 2.31. The first-order valence-electron chi connectivity index (χ1n) is 6.00. The van der Waals surface area contributed by atoms with E-state index in [-0.39, 0.29) is 5.69 Å². The molecule has 100 valence electrons. The Morgan fingerprint density at radius 1 is 1.42 bits per heavy atom. The van der Waals surface area contributed by atoms with Crippen LogP contribution < -0.4 is 16.2 Å². The molecule has 6 nitrogen and oxygen atoms in total. The number of primary amides is 1. The molecule has 0 atom stereocenters. The molecule has 0 radical (unpaired) electrons. The summed E-state index contributed by atoms with van der Waals surface area (Å²) >= 11 is 0. The van der Waals surface area contributed by atoms with Gasteiger partial charge in [-0.1, -0.05) is 6.92 Å². The smallest absolute Gasteiger partial charge is 0.269 e. The minimum absolute atomic E-state index is 0.216. The predicted octanol–water partition coefficient (Wildman–Crippen LogP) is 1.34. The van der Waals surface area contributed by atoms with Crippen molar-refractivity contribution in [1.29, 1.82) is 0 Å². The highest BCUT2D eigenvalue weighted by atomic mass is 16.5. The number of benzene rings is 1. The number of nitrogens with two attached hydrogens (primary N) is 2. The fourth-order valence-electron chi connectivity index (χ4n) is 1.60. The van der Waals surface area contributed by atoms with E-state index in [9.17, 15) is 4.79 Å². The van der Waals surface area contributed by atoms with Gasteiger partial charge in [-0.15, -0.1) is 0 Å². The third kappa shape index (κ3) is 2.85. The number of ether oxygens (including phenoxy) is 1. The fraction of sp³-hybridized carbons (Fsp3) is 0.231. The van der Waals surface area contributed by atoms with Crippen LogP contribution in [-0.4, -0.2) is 22.3 Å². The van der Waals surface area contributed by atoms with Gasteiger partial charge in [-0.2, -0.15) is 5.10 Å². The minimum atomic E-state index is -0.559. The van der Waals surface area contributed by atoms with Crippen LogP contribution in [0.25, 0.3) is 5.69 Å². The Bertz CT molecular complexity index is 592. The van der Waals surface area contributed by atoms with Crippen LogP contribution in [0.1, 0.15) is 23.8 Å². The van der Waals surface area contributed by atoms with E-state index >= 15 is 0 Å². The molecule has 19 heavy (non-hydrogen) atoms. The molecule has 2 rings (SSSR count). The monoisotopic (exact) mass is 260 g/mol. The van der Waals surface area contributed by atoms with E-state index in [1.807, 2.05) is 6.92 Å². The third-order valence-electron chi connectivity index (χ3n) is 2.56. The number of nitrogens with zero attached hydrogens (tertiary/aromatic N) is 2. The number of hydrogen-bond acceptors (Lipinski definition) is 4. The number of anilines is 1. The first kappa shape index (κ1) is 12.9. The summed E-state index contributed by atoms with van der Waals surface area (Å²) in [4.78, 5) is 11.0. The molecule has 0 aliphatic heterocycles. The Labute approximate surface area is 111 Å². The zero-order valence-electron chi connectivity index (χ0n) is 10.7. The van der Waals surface area contributed by atoms with Gasteiger partial charge in [0.2, 0.25) is 0 Å². The zero-order chi connectivity index (χ0) is 13.8. The van der Waals surface area contributed by atoms with Crippen LogP contribution in [0.4, 0.5) is 5.69 Å². The normalized spacial score (nSPS) is 10.4.